The van der Waals surface area contributed by atoms with Gasteiger partial charge >= 0.3 is 5.63 Å². The number of rotatable bonds is 14. The molecule has 2 rings (SSSR count). The highest BCUT2D eigenvalue weighted by molar-refractivity contribution is 5.36. The molecule has 1 aromatic rings. The molecule has 7 atom stereocenters. The minimum Gasteiger partial charge on any atom is -0.507 e. The Morgan fingerprint density at radius 2 is 1.85 bits per heavy atom. The van der Waals surface area contributed by atoms with Gasteiger partial charge in [-0.05, 0) is 46.0 Å². The first-order chi connectivity index (χ1) is 19.2. The summed E-state index contributed by atoms with van der Waals surface area (Å²) in [4.78, 5) is 12.9. The van der Waals surface area contributed by atoms with Crippen molar-refractivity contribution in [3.8, 4) is 5.75 Å². The smallest absolute Gasteiger partial charge is 0.345 e. The van der Waals surface area contributed by atoms with E-state index in [0.29, 0.717) is 11.8 Å². The third kappa shape index (κ3) is 9.93. The van der Waals surface area contributed by atoms with Crippen LogP contribution in [0.1, 0.15) is 104 Å². The standard InChI is InChI=1S/C33H52O8/c1-8-9-10-11-20(2)14-22(4)16-23(5)15-21(3)12-13-27(37)33(6,7)28-18-25(35)29(32(39)41-28)31-30(38)26(36)17-24(19-34)40-31/h12-13,15-16,18,20,22,24,26-27,30-31,34-38H,8-11,14,17,19H2,1-7H3. The molecule has 8 heteroatoms. The van der Waals surface area contributed by atoms with Gasteiger partial charge in [0.15, 0.2) is 0 Å². The second-order valence-corrected chi connectivity index (χ2v) is 12.5. The molecule has 0 spiro atoms. The maximum absolute atomic E-state index is 12.9. The van der Waals surface area contributed by atoms with Gasteiger partial charge in [-0.1, -0.05) is 81.9 Å². The topological polar surface area (TPSA) is 141 Å². The quantitative estimate of drug-likeness (QED) is 0.150. The Hall–Kier alpha value is -2.23. The van der Waals surface area contributed by atoms with Crippen molar-refractivity contribution in [1.29, 1.82) is 0 Å². The Kier molecular flexibility index (Phi) is 13.5. The van der Waals surface area contributed by atoms with Gasteiger partial charge in [-0.25, -0.2) is 4.79 Å². The maximum Gasteiger partial charge on any atom is 0.345 e. The van der Waals surface area contributed by atoms with E-state index in [2.05, 4.69) is 39.8 Å². The van der Waals surface area contributed by atoms with Crippen molar-refractivity contribution < 1.29 is 34.7 Å². The second kappa shape index (κ2) is 15.8. The van der Waals surface area contributed by atoms with Crippen molar-refractivity contribution in [2.45, 2.75) is 123 Å². The molecule has 1 aliphatic heterocycles. The summed E-state index contributed by atoms with van der Waals surface area (Å²) in [5.41, 5.74) is -0.272. The molecule has 0 amide bonds. The zero-order valence-corrected chi connectivity index (χ0v) is 25.8. The van der Waals surface area contributed by atoms with Crippen LogP contribution >= 0.6 is 0 Å². The van der Waals surface area contributed by atoms with Crippen molar-refractivity contribution in [2.75, 3.05) is 6.61 Å². The summed E-state index contributed by atoms with van der Waals surface area (Å²) in [6.45, 7) is 13.8. The van der Waals surface area contributed by atoms with Gasteiger partial charge in [0.05, 0.1) is 30.3 Å². The van der Waals surface area contributed by atoms with E-state index in [1.807, 2.05) is 13.0 Å². The van der Waals surface area contributed by atoms with Crippen LogP contribution in [0, 0.1) is 11.8 Å². The maximum atomic E-state index is 12.9. The van der Waals surface area contributed by atoms with Crippen LogP contribution in [0.3, 0.4) is 0 Å². The third-order valence-electron chi connectivity index (χ3n) is 8.00. The molecule has 232 valence electrons. The number of aliphatic hydroxyl groups excluding tert-OH is 4. The van der Waals surface area contributed by atoms with Crippen LogP contribution in [0.25, 0.3) is 0 Å². The lowest BCUT2D eigenvalue weighted by molar-refractivity contribution is -0.180. The largest absolute Gasteiger partial charge is 0.507 e. The van der Waals surface area contributed by atoms with E-state index in [1.54, 1.807) is 19.9 Å². The molecule has 5 N–H and O–H groups in total. The highest BCUT2D eigenvalue weighted by Gasteiger charge is 2.41. The van der Waals surface area contributed by atoms with E-state index < -0.39 is 53.9 Å². The molecule has 0 bridgehead atoms. The first-order valence-electron chi connectivity index (χ1n) is 14.9. The summed E-state index contributed by atoms with van der Waals surface area (Å²) in [5.74, 6) is 0.729. The summed E-state index contributed by atoms with van der Waals surface area (Å²) in [7, 11) is 0. The molecule has 0 saturated carbocycles. The molecule has 1 aromatic heterocycles. The molecule has 41 heavy (non-hydrogen) atoms. The van der Waals surface area contributed by atoms with Gasteiger partial charge in [0.25, 0.3) is 0 Å². The molecule has 1 saturated heterocycles. The van der Waals surface area contributed by atoms with E-state index in [-0.39, 0.29) is 17.7 Å². The SMILES string of the molecule is CCCCCC(C)CC(C)C=C(C)C=C(C)C=CC(O)C(C)(C)c1cc(O)c(C2OC(CO)CC(O)C2O)c(=O)o1. The van der Waals surface area contributed by atoms with E-state index in [1.165, 1.54) is 31.7 Å². The van der Waals surface area contributed by atoms with Crippen molar-refractivity contribution in [2.24, 2.45) is 11.8 Å². The lowest BCUT2D eigenvalue weighted by atomic mass is 9.82. The van der Waals surface area contributed by atoms with Gasteiger partial charge in [0.1, 0.15) is 29.3 Å². The highest BCUT2D eigenvalue weighted by atomic mass is 16.5. The van der Waals surface area contributed by atoms with Crippen LogP contribution in [0.15, 0.2) is 50.7 Å². The van der Waals surface area contributed by atoms with Gasteiger partial charge < -0.3 is 34.7 Å². The average Bonchev–Trinajstić information content (AvgIpc) is 2.88. The lowest BCUT2D eigenvalue weighted by Gasteiger charge is -2.36. The fraction of sp³-hybridized carbons (Fsp3) is 0.667. The summed E-state index contributed by atoms with van der Waals surface area (Å²) in [5, 5.41) is 51.6. The van der Waals surface area contributed by atoms with Crippen molar-refractivity contribution >= 4 is 0 Å². The summed E-state index contributed by atoms with van der Waals surface area (Å²) >= 11 is 0. The normalized spacial score (nSPS) is 25.0. The Bertz CT molecular complexity index is 1110. The number of allylic oxidation sites excluding steroid dienone is 5. The summed E-state index contributed by atoms with van der Waals surface area (Å²) in [6.07, 6.45) is 8.06. The van der Waals surface area contributed by atoms with Crippen LogP contribution in [0.2, 0.25) is 0 Å². The Morgan fingerprint density at radius 1 is 1.17 bits per heavy atom. The monoisotopic (exact) mass is 576 g/mol. The summed E-state index contributed by atoms with van der Waals surface area (Å²) < 4.78 is 11.0. The van der Waals surface area contributed by atoms with E-state index in [4.69, 9.17) is 9.15 Å². The van der Waals surface area contributed by atoms with Crippen LogP contribution < -0.4 is 5.63 Å². The first kappa shape index (κ1) is 35.0. The minimum atomic E-state index is -1.48. The molecule has 0 radical (unpaired) electrons. The van der Waals surface area contributed by atoms with Gasteiger partial charge in [-0.3, -0.25) is 0 Å². The molecule has 8 nitrogen and oxygen atoms in total. The van der Waals surface area contributed by atoms with E-state index in [9.17, 15) is 30.3 Å². The van der Waals surface area contributed by atoms with Crippen LogP contribution in [0.4, 0.5) is 0 Å². The number of ether oxygens (including phenoxy) is 1. The highest BCUT2D eigenvalue weighted by Crippen LogP contribution is 2.37. The Labute approximate surface area is 245 Å². The fourth-order valence-electron chi connectivity index (χ4n) is 5.48. The molecule has 7 unspecified atom stereocenters. The zero-order chi connectivity index (χ0) is 30.9. The van der Waals surface area contributed by atoms with Gasteiger partial charge in [-0.15, -0.1) is 0 Å². The van der Waals surface area contributed by atoms with Crippen molar-refractivity contribution in [1.82, 2.24) is 0 Å². The number of unbranched alkanes of at least 4 members (excludes halogenated alkanes) is 2. The molecule has 0 aromatic carbocycles. The van der Waals surface area contributed by atoms with Gasteiger partial charge in [0.2, 0.25) is 0 Å². The zero-order valence-electron chi connectivity index (χ0n) is 25.8. The Morgan fingerprint density at radius 3 is 2.46 bits per heavy atom. The van der Waals surface area contributed by atoms with Gasteiger partial charge in [-0.2, -0.15) is 0 Å². The number of hydrogen-bond donors (Lipinski definition) is 5. The second-order valence-electron chi connectivity index (χ2n) is 12.5. The van der Waals surface area contributed by atoms with E-state index >= 15 is 0 Å². The number of hydrogen-bond acceptors (Lipinski definition) is 8. The number of aliphatic hydroxyl groups is 4. The van der Waals surface area contributed by atoms with Crippen molar-refractivity contribution in [3.63, 3.8) is 0 Å². The van der Waals surface area contributed by atoms with Crippen LogP contribution in [-0.2, 0) is 10.2 Å². The first-order valence-corrected chi connectivity index (χ1v) is 14.9. The van der Waals surface area contributed by atoms with E-state index in [0.717, 1.165) is 17.6 Å². The lowest BCUT2D eigenvalue weighted by Crippen LogP contribution is -2.46. The number of aromatic hydroxyl groups is 1. The average molecular weight is 577 g/mol. The molecule has 2 heterocycles. The molecule has 0 aliphatic carbocycles. The van der Waals surface area contributed by atoms with Crippen LogP contribution in [0.5, 0.6) is 5.75 Å². The molecular formula is C33H52O8. The van der Waals surface area contributed by atoms with Crippen molar-refractivity contribution in [3.05, 3.63) is 63.3 Å². The minimum absolute atomic E-state index is 0.00949. The Balaban J connectivity index is 2.14. The fourth-order valence-corrected chi connectivity index (χ4v) is 5.48. The van der Waals surface area contributed by atoms with Gasteiger partial charge in [0, 0.05) is 12.5 Å². The summed E-state index contributed by atoms with van der Waals surface area (Å²) in [6, 6.07) is 1.22. The van der Waals surface area contributed by atoms with Crippen LogP contribution in [-0.4, -0.2) is 56.6 Å². The molecule has 1 fully saturated rings. The predicted molar refractivity (Wildman–Crippen MR) is 161 cm³/mol. The predicted octanol–water partition coefficient (Wildman–Crippen LogP) is 5.22. The molecule has 1 aliphatic rings. The third-order valence-corrected chi connectivity index (χ3v) is 8.00. The molecular weight excluding hydrogens is 524 g/mol.